The van der Waals surface area contributed by atoms with Crippen LogP contribution in [0.1, 0.15) is 17.4 Å². The van der Waals surface area contributed by atoms with Gasteiger partial charge in [-0.15, -0.1) is 0 Å². The molecule has 3 amide bonds. The minimum absolute atomic E-state index is 0.00975. The number of amides is 3. The van der Waals surface area contributed by atoms with E-state index in [-0.39, 0.29) is 55.7 Å². The Hall–Kier alpha value is -4.33. The first kappa shape index (κ1) is 25.3. The van der Waals surface area contributed by atoms with Crippen molar-refractivity contribution in [2.45, 2.75) is 19.1 Å². The summed E-state index contributed by atoms with van der Waals surface area (Å²) in [6.07, 6.45) is 3.22. The molecule has 5 rings (SSSR count). The minimum Gasteiger partial charge on any atom is -0.441 e. The van der Waals surface area contributed by atoms with Crippen LogP contribution in [0.25, 0.3) is 5.78 Å². The summed E-state index contributed by atoms with van der Waals surface area (Å²) < 4.78 is 36.5. The first-order valence-corrected chi connectivity index (χ1v) is 12.0. The zero-order valence-corrected chi connectivity index (χ0v) is 20.4. The quantitative estimate of drug-likeness (QED) is 0.479. The van der Waals surface area contributed by atoms with E-state index in [4.69, 9.17) is 4.74 Å². The largest absolute Gasteiger partial charge is 0.441 e. The van der Waals surface area contributed by atoms with Crippen molar-refractivity contribution in [3.63, 3.8) is 0 Å². The molecular weight excluding hydrogens is 504 g/mol. The Morgan fingerprint density at radius 3 is 2.55 bits per heavy atom. The molecule has 2 aromatic heterocycles. The summed E-state index contributed by atoms with van der Waals surface area (Å²) in [6, 6.07) is 2.94. The van der Waals surface area contributed by atoms with Crippen molar-refractivity contribution in [3.05, 3.63) is 54.1 Å². The molecule has 0 aliphatic carbocycles. The number of imidazole rings is 1. The maximum absolute atomic E-state index is 15.0. The number of aromatic nitrogens is 3. The van der Waals surface area contributed by atoms with Crippen LogP contribution in [0.5, 0.6) is 0 Å². The smallest absolute Gasteiger partial charge is 0.414 e. The Kier molecular flexibility index (Phi) is 6.80. The van der Waals surface area contributed by atoms with E-state index in [0.29, 0.717) is 5.78 Å². The lowest BCUT2D eigenvalue weighted by atomic mass is 10.1. The summed E-state index contributed by atoms with van der Waals surface area (Å²) in [7, 11) is 0. The number of benzene rings is 1. The number of rotatable bonds is 6. The van der Waals surface area contributed by atoms with Crippen LogP contribution >= 0.6 is 0 Å². The van der Waals surface area contributed by atoms with E-state index in [0.717, 1.165) is 17.0 Å². The van der Waals surface area contributed by atoms with E-state index in [9.17, 15) is 28.3 Å². The SMILES string of the molecule is C[C@H](NC(=O)c1cn2cccnc2n1)C(=O)N1CCN(c2c(F)cc(N3C[C@H](CO)OC3=O)cc2F)CC1. The van der Waals surface area contributed by atoms with Gasteiger partial charge >= 0.3 is 6.09 Å². The molecule has 14 heteroatoms. The number of cyclic esters (lactones) is 1. The summed E-state index contributed by atoms with van der Waals surface area (Å²) in [5, 5.41) is 11.8. The van der Waals surface area contributed by atoms with Crippen LogP contribution in [0.4, 0.5) is 25.0 Å². The number of piperazine rings is 1. The zero-order valence-electron chi connectivity index (χ0n) is 20.4. The number of hydrogen-bond donors (Lipinski definition) is 2. The summed E-state index contributed by atoms with van der Waals surface area (Å²) in [6.45, 7) is 1.85. The van der Waals surface area contributed by atoms with E-state index in [1.54, 1.807) is 29.8 Å². The second kappa shape index (κ2) is 10.2. The molecule has 0 bridgehead atoms. The molecule has 2 N–H and O–H groups in total. The number of carbonyl (C=O) groups excluding carboxylic acids is 3. The first-order valence-electron chi connectivity index (χ1n) is 12.0. The van der Waals surface area contributed by atoms with Gasteiger partial charge in [0.1, 0.15) is 23.5 Å². The van der Waals surface area contributed by atoms with Crippen LogP contribution in [0.2, 0.25) is 0 Å². The van der Waals surface area contributed by atoms with Crippen LogP contribution in [0.15, 0.2) is 36.8 Å². The number of halogens is 2. The van der Waals surface area contributed by atoms with Crippen molar-refractivity contribution in [2.75, 3.05) is 49.1 Å². The Morgan fingerprint density at radius 1 is 1.21 bits per heavy atom. The fraction of sp³-hybridized carbons (Fsp3) is 0.375. The third-order valence-corrected chi connectivity index (χ3v) is 6.48. The van der Waals surface area contributed by atoms with E-state index in [1.807, 2.05) is 0 Å². The number of aliphatic hydroxyl groups excluding tert-OH is 1. The second-order valence-corrected chi connectivity index (χ2v) is 9.02. The highest BCUT2D eigenvalue weighted by atomic mass is 19.1. The third kappa shape index (κ3) is 4.81. The number of anilines is 2. The molecule has 4 heterocycles. The van der Waals surface area contributed by atoms with Crippen molar-refractivity contribution in [2.24, 2.45) is 0 Å². The van der Waals surface area contributed by atoms with Crippen LogP contribution in [-0.4, -0.2) is 93.8 Å². The lowest BCUT2D eigenvalue weighted by molar-refractivity contribution is -0.133. The average Bonchev–Trinajstić information content (AvgIpc) is 3.51. The second-order valence-electron chi connectivity index (χ2n) is 9.02. The van der Waals surface area contributed by atoms with Gasteiger partial charge in [-0.05, 0) is 13.0 Å². The molecule has 38 heavy (non-hydrogen) atoms. The molecule has 12 nitrogen and oxygen atoms in total. The number of nitrogens with one attached hydrogen (secondary N) is 1. The van der Waals surface area contributed by atoms with E-state index < -0.39 is 42.4 Å². The van der Waals surface area contributed by atoms with Crippen molar-refractivity contribution in [1.82, 2.24) is 24.6 Å². The molecule has 0 radical (unpaired) electrons. The van der Waals surface area contributed by atoms with Crippen LogP contribution < -0.4 is 15.1 Å². The Labute approximate surface area is 215 Å². The highest BCUT2D eigenvalue weighted by Crippen LogP contribution is 2.31. The Balaban J connectivity index is 1.19. The molecule has 200 valence electrons. The van der Waals surface area contributed by atoms with Gasteiger partial charge in [0.25, 0.3) is 5.91 Å². The van der Waals surface area contributed by atoms with Crippen LogP contribution in [0.3, 0.4) is 0 Å². The molecule has 0 saturated carbocycles. The van der Waals surface area contributed by atoms with Crippen molar-refractivity contribution >= 4 is 35.1 Å². The van der Waals surface area contributed by atoms with Crippen molar-refractivity contribution in [1.29, 1.82) is 0 Å². The molecule has 0 spiro atoms. The normalized spacial score (nSPS) is 18.6. The molecule has 0 unspecified atom stereocenters. The van der Waals surface area contributed by atoms with Gasteiger partial charge in [0.2, 0.25) is 11.7 Å². The first-order chi connectivity index (χ1) is 18.2. The topological polar surface area (TPSA) is 133 Å². The lowest BCUT2D eigenvalue weighted by Gasteiger charge is -2.37. The lowest BCUT2D eigenvalue weighted by Crippen LogP contribution is -2.54. The van der Waals surface area contributed by atoms with E-state index in [2.05, 4.69) is 15.3 Å². The Morgan fingerprint density at radius 2 is 1.92 bits per heavy atom. The number of ether oxygens (including phenoxy) is 1. The standard InChI is InChI=1S/C24H25F2N7O5/c1-14(28-21(35)19-12-32-4-2-3-27-23(32)29-19)22(36)31-7-5-30(6-8-31)20-17(25)9-15(10-18(20)26)33-11-16(13-34)38-24(33)37/h2-4,9-10,12,14,16,34H,5-8,11,13H2,1H3,(H,28,35)/t14-,16+/m0/s1. The fourth-order valence-corrected chi connectivity index (χ4v) is 4.53. The molecule has 2 atom stereocenters. The fourth-order valence-electron chi connectivity index (χ4n) is 4.53. The molecule has 2 saturated heterocycles. The molecule has 2 aliphatic heterocycles. The van der Waals surface area contributed by atoms with Crippen molar-refractivity contribution in [3.8, 4) is 0 Å². The maximum Gasteiger partial charge on any atom is 0.414 e. The molecule has 3 aromatic rings. The number of carbonyl (C=O) groups is 3. The van der Waals surface area contributed by atoms with Gasteiger partial charge in [0.05, 0.1) is 18.8 Å². The van der Waals surface area contributed by atoms with E-state index >= 15 is 0 Å². The van der Waals surface area contributed by atoms with Gasteiger partial charge in [0, 0.05) is 56.9 Å². The molecule has 1 aromatic carbocycles. The molecular formula is C24H25F2N7O5. The van der Waals surface area contributed by atoms with Crippen molar-refractivity contribution < 1.29 is 33.0 Å². The predicted octanol–water partition coefficient (Wildman–Crippen LogP) is 0.792. The van der Waals surface area contributed by atoms with Gasteiger partial charge < -0.3 is 25.0 Å². The van der Waals surface area contributed by atoms with E-state index in [1.165, 1.54) is 16.0 Å². The number of nitrogens with zero attached hydrogens (tertiary/aromatic N) is 6. The predicted molar refractivity (Wildman–Crippen MR) is 130 cm³/mol. The summed E-state index contributed by atoms with van der Waals surface area (Å²) in [4.78, 5) is 49.7. The van der Waals surface area contributed by atoms with Crippen LogP contribution in [0, 0.1) is 11.6 Å². The van der Waals surface area contributed by atoms with Gasteiger partial charge in [-0.2, -0.15) is 0 Å². The third-order valence-electron chi connectivity index (χ3n) is 6.48. The maximum atomic E-state index is 15.0. The average molecular weight is 530 g/mol. The van der Waals surface area contributed by atoms with Gasteiger partial charge in [-0.3, -0.25) is 18.9 Å². The van der Waals surface area contributed by atoms with Gasteiger partial charge in [-0.25, -0.2) is 23.5 Å². The minimum atomic E-state index is -0.859. The summed E-state index contributed by atoms with van der Waals surface area (Å²) in [5.74, 6) is -2.21. The zero-order chi connectivity index (χ0) is 27.0. The highest BCUT2D eigenvalue weighted by Gasteiger charge is 2.34. The summed E-state index contributed by atoms with van der Waals surface area (Å²) in [5.41, 5.74) is -0.143. The van der Waals surface area contributed by atoms with Crippen LogP contribution in [-0.2, 0) is 9.53 Å². The summed E-state index contributed by atoms with van der Waals surface area (Å²) >= 11 is 0. The van der Waals surface area contributed by atoms with Gasteiger partial charge in [0.15, 0.2) is 11.6 Å². The Bertz CT molecular complexity index is 1340. The number of fused-ring (bicyclic) bond motifs is 1. The molecule has 2 aliphatic rings. The van der Waals surface area contributed by atoms with Gasteiger partial charge in [-0.1, -0.05) is 0 Å². The monoisotopic (exact) mass is 529 g/mol. The highest BCUT2D eigenvalue weighted by molar-refractivity contribution is 5.96. The molecule has 2 fully saturated rings. The number of aliphatic hydroxyl groups is 1. The number of hydrogen-bond acceptors (Lipinski definition) is 8.